The van der Waals surface area contributed by atoms with Gasteiger partial charge in [-0.3, -0.25) is 4.79 Å². The standard InChI is InChI=1S/C37H46N6O4/c1-25(31-22-38-32-8-6-5-7-30(31)32)35(40-37(45)43-19-17-42(18-20-43)28-12-14-29(46-4)15-13-28)36(44)39-33-21-27(23-41(2)3)11-16-34(33)47-24-26-9-10-26/h5-8,11-16,21-22,25-26,35,38H,9-10,17-20,23-24H2,1-4H3,(H,39,44)(H,40,45)/t25-,35-/m1/s1. The number of rotatable bonds is 12. The first-order valence-electron chi connectivity index (χ1n) is 16.5. The second-order valence-corrected chi connectivity index (χ2v) is 13.0. The van der Waals surface area contributed by atoms with Gasteiger partial charge < -0.3 is 39.8 Å². The van der Waals surface area contributed by atoms with Crippen LogP contribution in [0, 0.1) is 5.92 Å². The van der Waals surface area contributed by atoms with Gasteiger partial charge in [-0.15, -0.1) is 0 Å². The Morgan fingerprint density at radius 2 is 1.74 bits per heavy atom. The van der Waals surface area contributed by atoms with Crippen molar-refractivity contribution in [3.8, 4) is 11.5 Å². The number of amides is 3. The average Bonchev–Trinajstić information content (AvgIpc) is 3.82. The molecule has 3 N–H and O–H groups in total. The van der Waals surface area contributed by atoms with Crippen LogP contribution < -0.4 is 25.0 Å². The van der Waals surface area contributed by atoms with Crippen LogP contribution in [0.25, 0.3) is 10.9 Å². The first-order chi connectivity index (χ1) is 22.8. The number of hydrogen-bond donors (Lipinski definition) is 3. The minimum absolute atomic E-state index is 0.252. The third-order valence-corrected chi connectivity index (χ3v) is 9.15. The number of carbonyl (C=O) groups is 2. The Labute approximate surface area is 277 Å². The minimum Gasteiger partial charge on any atom is -0.497 e. The van der Waals surface area contributed by atoms with Crippen molar-refractivity contribution in [2.24, 2.45) is 5.92 Å². The van der Waals surface area contributed by atoms with Gasteiger partial charge in [-0.25, -0.2) is 4.79 Å². The molecule has 0 spiro atoms. The van der Waals surface area contributed by atoms with E-state index in [1.807, 2.05) is 93.9 Å². The maximum atomic E-state index is 14.3. The van der Waals surface area contributed by atoms with Crippen molar-refractivity contribution in [1.29, 1.82) is 0 Å². The van der Waals surface area contributed by atoms with E-state index >= 15 is 0 Å². The predicted octanol–water partition coefficient (Wildman–Crippen LogP) is 5.67. The molecule has 10 heteroatoms. The molecule has 1 saturated heterocycles. The summed E-state index contributed by atoms with van der Waals surface area (Å²) >= 11 is 0. The number of nitrogens with one attached hydrogen (secondary N) is 3. The molecule has 10 nitrogen and oxygen atoms in total. The summed E-state index contributed by atoms with van der Waals surface area (Å²) in [4.78, 5) is 37.6. The summed E-state index contributed by atoms with van der Waals surface area (Å²) in [5.41, 5.74) is 4.73. The van der Waals surface area contributed by atoms with Gasteiger partial charge >= 0.3 is 6.03 Å². The lowest BCUT2D eigenvalue weighted by Crippen LogP contribution is -2.56. The Balaban J connectivity index is 1.22. The van der Waals surface area contributed by atoms with Crippen molar-refractivity contribution in [2.75, 3.05) is 64.2 Å². The van der Waals surface area contributed by atoms with Crippen molar-refractivity contribution in [3.63, 3.8) is 0 Å². The molecule has 2 atom stereocenters. The zero-order valence-corrected chi connectivity index (χ0v) is 27.8. The average molecular weight is 639 g/mol. The number of hydrogen-bond acceptors (Lipinski definition) is 6. The molecule has 4 aromatic rings. The summed E-state index contributed by atoms with van der Waals surface area (Å²) in [6.07, 6.45) is 4.29. The number of aromatic amines is 1. The quantitative estimate of drug-likeness (QED) is 0.185. The Bertz CT molecular complexity index is 1670. The SMILES string of the molecule is COc1ccc(N2CCN(C(=O)N[C@@H](C(=O)Nc3cc(CN(C)C)ccc3OCC3CC3)[C@H](C)c3c[nH]c4ccccc34)CC2)cc1. The van der Waals surface area contributed by atoms with Crippen molar-refractivity contribution in [2.45, 2.75) is 38.3 Å². The van der Waals surface area contributed by atoms with E-state index < -0.39 is 6.04 Å². The van der Waals surface area contributed by atoms with E-state index in [1.165, 1.54) is 12.8 Å². The molecule has 6 rings (SSSR count). The number of fused-ring (bicyclic) bond motifs is 1. The molecule has 2 fully saturated rings. The molecule has 0 radical (unpaired) electrons. The van der Waals surface area contributed by atoms with Gasteiger partial charge in [0.25, 0.3) is 0 Å². The fourth-order valence-electron chi connectivity index (χ4n) is 6.22. The van der Waals surface area contributed by atoms with Crippen LogP contribution in [0.15, 0.2) is 72.9 Å². The van der Waals surface area contributed by atoms with Crippen molar-refractivity contribution < 1.29 is 19.1 Å². The summed E-state index contributed by atoms with van der Waals surface area (Å²) in [7, 11) is 5.69. The van der Waals surface area contributed by atoms with Gasteiger partial charge in [-0.05, 0) is 86.4 Å². The molecule has 0 bridgehead atoms. The monoisotopic (exact) mass is 638 g/mol. The third-order valence-electron chi connectivity index (χ3n) is 9.15. The number of carbonyl (C=O) groups excluding carboxylic acids is 2. The Hall–Kier alpha value is -4.70. The molecule has 248 valence electrons. The van der Waals surface area contributed by atoms with Crippen LogP contribution in [0.2, 0.25) is 0 Å². The molecular formula is C37H46N6O4. The fraction of sp³-hybridized carbons (Fsp3) is 0.405. The van der Waals surface area contributed by atoms with Gasteiger partial charge in [0.15, 0.2) is 0 Å². The third kappa shape index (κ3) is 7.82. The molecular weight excluding hydrogens is 592 g/mol. The molecule has 2 heterocycles. The van der Waals surface area contributed by atoms with Crippen LogP contribution in [0.5, 0.6) is 11.5 Å². The summed E-state index contributed by atoms with van der Waals surface area (Å²) in [6, 6.07) is 20.9. The number of ether oxygens (including phenoxy) is 2. The molecule has 1 aliphatic carbocycles. The van der Waals surface area contributed by atoms with Crippen LogP contribution in [-0.4, -0.2) is 86.8 Å². The van der Waals surface area contributed by atoms with Gasteiger partial charge in [-0.1, -0.05) is 31.2 Å². The largest absolute Gasteiger partial charge is 0.497 e. The van der Waals surface area contributed by atoms with Gasteiger partial charge in [0, 0.05) is 61.4 Å². The van der Waals surface area contributed by atoms with E-state index in [0.717, 1.165) is 40.0 Å². The summed E-state index contributed by atoms with van der Waals surface area (Å²) in [6.45, 7) is 5.81. The zero-order chi connectivity index (χ0) is 32.9. The van der Waals surface area contributed by atoms with Gasteiger partial charge in [0.2, 0.25) is 5.91 Å². The maximum absolute atomic E-state index is 14.3. The normalized spacial score (nSPS) is 16.2. The molecule has 3 aromatic carbocycles. The van der Waals surface area contributed by atoms with E-state index in [4.69, 9.17) is 9.47 Å². The second kappa shape index (κ2) is 14.4. The molecule has 0 unspecified atom stereocenters. The minimum atomic E-state index is -0.838. The highest BCUT2D eigenvalue weighted by atomic mass is 16.5. The van der Waals surface area contributed by atoms with Gasteiger partial charge in [0.05, 0.1) is 19.4 Å². The lowest BCUT2D eigenvalue weighted by atomic mass is 9.92. The first-order valence-corrected chi connectivity index (χ1v) is 16.5. The first kappa shape index (κ1) is 32.2. The molecule has 3 amide bonds. The van der Waals surface area contributed by atoms with Crippen LogP contribution in [0.3, 0.4) is 0 Å². The summed E-state index contributed by atoms with van der Waals surface area (Å²) < 4.78 is 11.5. The number of methoxy groups -OCH3 is 1. The van der Waals surface area contributed by atoms with Crippen LogP contribution >= 0.6 is 0 Å². The number of H-pyrrole nitrogens is 1. The van der Waals surface area contributed by atoms with Crippen molar-refractivity contribution in [3.05, 3.63) is 84.1 Å². The number of aromatic nitrogens is 1. The van der Waals surface area contributed by atoms with Crippen LogP contribution in [0.4, 0.5) is 16.2 Å². The summed E-state index contributed by atoms with van der Waals surface area (Å²) in [5.74, 6) is 1.42. The Kier molecular flexibility index (Phi) is 9.87. The summed E-state index contributed by atoms with van der Waals surface area (Å²) in [5, 5.41) is 7.32. The van der Waals surface area contributed by atoms with Crippen LogP contribution in [0.1, 0.15) is 36.8 Å². The Morgan fingerprint density at radius 3 is 2.45 bits per heavy atom. The van der Waals surface area contributed by atoms with E-state index in [1.54, 1.807) is 12.0 Å². The maximum Gasteiger partial charge on any atom is 0.318 e. The number of anilines is 2. The Morgan fingerprint density at radius 1 is 1.00 bits per heavy atom. The molecule has 1 saturated carbocycles. The van der Waals surface area contributed by atoms with E-state index in [-0.39, 0.29) is 17.9 Å². The second-order valence-electron chi connectivity index (χ2n) is 13.0. The highest BCUT2D eigenvalue weighted by Gasteiger charge is 2.33. The van der Waals surface area contributed by atoms with Gasteiger partial charge in [0.1, 0.15) is 17.5 Å². The topological polar surface area (TPSA) is 102 Å². The van der Waals surface area contributed by atoms with E-state index in [0.29, 0.717) is 50.1 Å². The number of urea groups is 1. The smallest absolute Gasteiger partial charge is 0.318 e. The molecule has 1 aliphatic heterocycles. The zero-order valence-electron chi connectivity index (χ0n) is 27.8. The number of nitrogens with zero attached hydrogens (tertiary/aromatic N) is 3. The van der Waals surface area contributed by atoms with E-state index in [2.05, 4.69) is 25.4 Å². The van der Waals surface area contributed by atoms with Crippen molar-refractivity contribution >= 4 is 34.2 Å². The highest BCUT2D eigenvalue weighted by molar-refractivity contribution is 5.99. The molecule has 1 aromatic heterocycles. The highest BCUT2D eigenvalue weighted by Crippen LogP contribution is 2.34. The lowest BCUT2D eigenvalue weighted by Gasteiger charge is -2.37. The van der Waals surface area contributed by atoms with Gasteiger partial charge in [-0.2, -0.15) is 0 Å². The molecule has 47 heavy (non-hydrogen) atoms. The lowest BCUT2D eigenvalue weighted by molar-refractivity contribution is -0.118. The number of para-hydroxylation sites is 1. The fourth-order valence-corrected chi connectivity index (χ4v) is 6.22. The van der Waals surface area contributed by atoms with Crippen molar-refractivity contribution in [1.82, 2.24) is 20.1 Å². The number of benzene rings is 3. The number of piperazine rings is 1. The molecule has 2 aliphatic rings. The van der Waals surface area contributed by atoms with E-state index in [9.17, 15) is 9.59 Å². The van der Waals surface area contributed by atoms with Crippen LogP contribution in [-0.2, 0) is 11.3 Å². The predicted molar refractivity (Wildman–Crippen MR) is 186 cm³/mol.